The van der Waals surface area contributed by atoms with Gasteiger partial charge in [0, 0.05) is 12.6 Å². The predicted octanol–water partition coefficient (Wildman–Crippen LogP) is 3.56. The van der Waals surface area contributed by atoms with E-state index in [-0.39, 0.29) is 6.09 Å². The van der Waals surface area contributed by atoms with E-state index in [0.29, 0.717) is 12.6 Å². The van der Waals surface area contributed by atoms with Crippen molar-refractivity contribution in [2.45, 2.75) is 52.7 Å². The zero-order chi connectivity index (χ0) is 15.9. The van der Waals surface area contributed by atoms with Crippen LogP contribution < -0.4 is 10.6 Å². The Labute approximate surface area is 128 Å². The first-order valence-corrected chi connectivity index (χ1v) is 7.55. The third-order valence-electron chi connectivity index (χ3n) is 3.01. The largest absolute Gasteiger partial charge is 0.444 e. The lowest BCUT2D eigenvalue weighted by molar-refractivity contribution is 0.0527. The second-order valence-corrected chi connectivity index (χ2v) is 6.37. The zero-order valence-electron chi connectivity index (χ0n) is 13.8. The molecule has 0 unspecified atom stereocenters. The molecule has 0 radical (unpaired) electrons. The number of benzene rings is 1. The summed E-state index contributed by atoms with van der Waals surface area (Å²) in [6, 6.07) is 8.81. The van der Waals surface area contributed by atoms with Crippen LogP contribution in [0.2, 0.25) is 0 Å². The maximum atomic E-state index is 11.5. The van der Waals surface area contributed by atoms with E-state index < -0.39 is 5.60 Å². The average Bonchev–Trinajstić information content (AvgIpc) is 2.36. The number of hydrogen-bond donors (Lipinski definition) is 2. The minimum absolute atomic E-state index is 0.312. The number of rotatable bonds is 6. The molecule has 0 heterocycles. The van der Waals surface area contributed by atoms with Crippen molar-refractivity contribution in [1.82, 2.24) is 10.6 Å². The van der Waals surface area contributed by atoms with Crippen molar-refractivity contribution in [2.24, 2.45) is 0 Å². The Morgan fingerprint density at radius 3 is 2.62 bits per heavy atom. The molecule has 1 rings (SSSR count). The van der Waals surface area contributed by atoms with Gasteiger partial charge in [0.25, 0.3) is 0 Å². The molecular weight excluding hydrogens is 264 g/mol. The monoisotopic (exact) mass is 292 g/mol. The number of nitrogens with one attached hydrogen (secondary N) is 2. The van der Waals surface area contributed by atoms with Crippen molar-refractivity contribution in [3.63, 3.8) is 0 Å². The molecular formula is C17H28N2O2. The third kappa shape index (κ3) is 7.71. The minimum Gasteiger partial charge on any atom is -0.444 e. The summed E-state index contributed by atoms with van der Waals surface area (Å²) in [5, 5.41) is 6.22. The fourth-order valence-electron chi connectivity index (χ4n) is 1.97. The fourth-order valence-corrected chi connectivity index (χ4v) is 1.97. The Balaban J connectivity index is 2.18. The molecule has 2 N–H and O–H groups in total. The van der Waals surface area contributed by atoms with Crippen molar-refractivity contribution >= 4 is 6.09 Å². The number of carbonyl (C=O) groups excluding carboxylic acids is 1. The highest BCUT2D eigenvalue weighted by Crippen LogP contribution is 2.13. The maximum absolute atomic E-state index is 11.5. The van der Waals surface area contributed by atoms with Gasteiger partial charge in [0.05, 0.1) is 0 Å². The van der Waals surface area contributed by atoms with E-state index in [1.54, 1.807) is 0 Å². The van der Waals surface area contributed by atoms with Crippen molar-refractivity contribution in [1.29, 1.82) is 0 Å². The molecule has 118 valence electrons. The Hall–Kier alpha value is -1.55. The topological polar surface area (TPSA) is 50.4 Å². The van der Waals surface area contributed by atoms with Gasteiger partial charge in [-0.05, 0) is 53.1 Å². The Bertz CT molecular complexity index is 452. The first-order valence-electron chi connectivity index (χ1n) is 7.55. The van der Waals surface area contributed by atoms with Crippen LogP contribution >= 0.6 is 0 Å². The smallest absolute Gasteiger partial charge is 0.407 e. The van der Waals surface area contributed by atoms with Crippen LogP contribution in [0, 0.1) is 6.92 Å². The molecule has 21 heavy (non-hydrogen) atoms. The summed E-state index contributed by atoms with van der Waals surface area (Å²) in [6.45, 7) is 11.3. The van der Waals surface area contributed by atoms with E-state index >= 15 is 0 Å². The SMILES string of the molecule is Cc1cccc([C@H](C)NCCCNC(=O)OC(C)(C)C)c1. The molecule has 1 aromatic carbocycles. The van der Waals surface area contributed by atoms with E-state index in [4.69, 9.17) is 4.74 Å². The van der Waals surface area contributed by atoms with Crippen molar-refractivity contribution in [3.8, 4) is 0 Å². The van der Waals surface area contributed by atoms with Crippen LogP contribution in [0.3, 0.4) is 0 Å². The lowest BCUT2D eigenvalue weighted by Gasteiger charge is -2.20. The van der Waals surface area contributed by atoms with Gasteiger partial charge in [-0.2, -0.15) is 0 Å². The van der Waals surface area contributed by atoms with Crippen LogP contribution in [-0.4, -0.2) is 24.8 Å². The fraction of sp³-hybridized carbons (Fsp3) is 0.588. The first-order chi connectivity index (χ1) is 9.78. The van der Waals surface area contributed by atoms with E-state index in [1.807, 2.05) is 20.8 Å². The molecule has 0 aromatic heterocycles. The van der Waals surface area contributed by atoms with Crippen LogP contribution in [0.1, 0.15) is 51.3 Å². The molecule has 0 fully saturated rings. The Morgan fingerprint density at radius 1 is 1.29 bits per heavy atom. The molecule has 4 nitrogen and oxygen atoms in total. The van der Waals surface area contributed by atoms with Crippen LogP contribution in [0.5, 0.6) is 0 Å². The second-order valence-electron chi connectivity index (χ2n) is 6.37. The Kier molecular flexibility index (Phi) is 6.69. The molecule has 1 aromatic rings. The maximum Gasteiger partial charge on any atom is 0.407 e. The summed E-state index contributed by atoms with van der Waals surface area (Å²) >= 11 is 0. The standard InChI is InChI=1S/C17H28N2O2/c1-13-8-6-9-15(12-13)14(2)18-10-7-11-19-16(20)21-17(3,4)5/h6,8-9,12,14,18H,7,10-11H2,1-5H3,(H,19,20)/t14-/m0/s1. The van der Waals surface area contributed by atoms with Crippen molar-refractivity contribution in [2.75, 3.05) is 13.1 Å². The molecule has 1 amide bonds. The summed E-state index contributed by atoms with van der Waals surface area (Å²) in [5.41, 5.74) is 2.12. The molecule has 0 spiro atoms. The highest BCUT2D eigenvalue weighted by Gasteiger charge is 2.15. The summed E-state index contributed by atoms with van der Waals surface area (Å²) < 4.78 is 5.18. The normalized spacial score (nSPS) is 12.8. The number of alkyl carbamates (subject to hydrolysis) is 1. The molecule has 0 saturated carbocycles. The zero-order valence-corrected chi connectivity index (χ0v) is 13.8. The Morgan fingerprint density at radius 2 is 2.00 bits per heavy atom. The summed E-state index contributed by atoms with van der Waals surface area (Å²) in [4.78, 5) is 11.5. The number of amides is 1. The van der Waals surface area contributed by atoms with Crippen LogP contribution in [0.4, 0.5) is 4.79 Å². The van der Waals surface area contributed by atoms with Gasteiger partial charge in [-0.3, -0.25) is 0 Å². The molecule has 4 heteroatoms. The predicted molar refractivity (Wildman–Crippen MR) is 86.5 cm³/mol. The van der Waals surface area contributed by atoms with Gasteiger partial charge in [-0.15, -0.1) is 0 Å². The highest BCUT2D eigenvalue weighted by atomic mass is 16.6. The van der Waals surface area contributed by atoms with Crippen molar-refractivity contribution in [3.05, 3.63) is 35.4 Å². The number of aryl methyl sites for hydroxylation is 1. The third-order valence-corrected chi connectivity index (χ3v) is 3.01. The van der Waals surface area contributed by atoms with Gasteiger partial charge in [-0.1, -0.05) is 29.8 Å². The van der Waals surface area contributed by atoms with E-state index in [0.717, 1.165) is 13.0 Å². The highest BCUT2D eigenvalue weighted by molar-refractivity contribution is 5.67. The van der Waals surface area contributed by atoms with E-state index in [9.17, 15) is 4.79 Å². The quantitative estimate of drug-likeness (QED) is 0.788. The lowest BCUT2D eigenvalue weighted by atomic mass is 10.1. The van der Waals surface area contributed by atoms with Gasteiger partial charge in [0.1, 0.15) is 5.60 Å². The number of ether oxygens (including phenoxy) is 1. The number of carbonyl (C=O) groups is 1. The second kappa shape index (κ2) is 8.03. The van der Waals surface area contributed by atoms with Gasteiger partial charge in [-0.25, -0.2) is 4.79 Å². The average molecular weight is 292 g/mol. The molecule has 1 atom stereocenters. The van der Waals surface area contributed by atoms with Crippen LogP contribution in [0.25, 0.3) is 0 Å². The summed E-state index contributed by atoms with van der Waals surface area (Å²) in [7, 11) is 0. The van der Waals surface area contributed by atoms with Crippen LogP contribution in [0.15, 0.2) is 24.3 Å². The first kappa shape index (κ1) is 17.5. The molecule has 0 aliphatic carbocycles. The van der Waals surface area contributed by atoms with Crippen molar-refractivity contribution < 1.29 is 9.53 Å². The van der Waals surface area contributed by atoms with Crippen LogP contribution in [-0.2, 0) is 4.74 Å². The molecule has 0 aliphatic rings. The van der Waals surface area contributed by atoms with Gasteiger partial charge >= 0.3 is 6.09 Å². The summed E-state index contributed by atoms with van der Waals surface area (Å²) in [6.07, 6.45) is 0.518. The van der Waals surface area contributed by atoms with Gasteiger partial charge in [0.15, 0.2) is 0 Å². The molecule has 0 saturated heterocycles. The number of hydrogen-bond acceptors (Lipinski definition) is 3. The minimum atomic E-state index is -0.442. The van der Waals surface area contributed by atoms with E-state index in [1.165, 1.54) is 11.1 Å². The summed E-state index contributed by atoms with van der Waals surface area (Å²) in [5.74, 6) is 0. The molecule has 0 aliphatic heterocycles. The van der Waals surface area contributed by atoms with Gasteiger partial charge in [0.2, 0.25) is 0 Å². The van der Waals surface area contributed by atoms with E-state index in [2.05, 4.69) is 48.7 Å². The molecule has 0 bridgehead atoms. The van der Waals surface area contributed by atoms with Gasteiger partial charge < -0.3 is 15.4 Å². The lowest BCUT2D eigenvalue weighted by Crippen LogP contribution is -2.34.